The standard InChI is InChI=1S/C16H18N4/c1-2-5-16-18-8-9-20(16)15-10-12(11-17)19-14-7-4-3-6-13(14)15/h3-4,6-10H,2,5,11,17H2,1H3. The van der Waals surface area contributed by atoms with E-state index >= 15 is 0 Å². The van der Waals surface area contributed by atoms with E-state index in [-0.39, 0.29) is 0 Å². The molecule has 0 fully saturated rings. The molecule has 0 atom stereocenters. The average Bonchev–Trinajstić information content (AvgIpc) is 2.94. The minimum Gasteiger partial charge on any atom is -0.325 e. The number of aryl methyl sites for hydroxylation is 1. The summed E-state index contributed by atoms with van der Waals surface area (Å²) >= 11 is 0. The first-order valence-corrected chi connectivity index (χ1v) is 6.94. The van der Waals surface area contributed by atoms with Crippen molar-refractivity contribution >= 4 is 10.9 Å². The third kappa shape index (κ3) is 2.18. The van der Waals surface area contributed by atoms with Gasteiger partial charge in [-0.25, -0.2) is 4.98 Å². The minimum absolute atomic E-state index is 0.440. The van der Waals surface area contributed by atoms with Crippen molar-refractivity contribution in [2.45, 2.75) is 26.3 Å². The Kier molecular flexibility index (Phi) is 3.48. The number of para-hydroxylation sites is 1. The van der Waals surface area contributed by atoms with Crippen LogP contribution >= 0.6 is 0 Å². The fourth-order valence-corrected chi connectivity index (χ4v) is 2.48. The molecule has 0 aliphatic heterocycles. The molecular formula is C16H18N4. The number of benzene rings is 1. The molecule has 2 N–H and O–H groups in total. The molecular weight excluding hydrogens is 248 g/mol. The van der Waals surface area contributed by atoms with Crippen LogP contribution in [0.4, 0.5) is 0 Å². The predicted molar refractivity (Wildman–Crippen MR) is 80.8 cm³/mol. The zero-order chi connectivity index (χ0) is 13.9. The van der Waals surface area contributed by atoms with Crippen molar-refractivity contribution in [1.82, 2.24) is 14.5 Å². The first-order chi connectivity index (χ1) is 9.83. The molecule has 0 spiro atoms. The van der Waals surface area contributed by atoms with Gasteiger partial charge in [-0.3, -0.25) is 4.98 Å². The van der Waals surface area contributed by atoms with Gasteiger partial charge >= 0.3 is 0 Å². The van der Waals surface area contributed by atoms with Gasteiger partial charge < -0.3 is 10.3 Å². The number of nitrogens with zero attached hydrogens (tertiary/aromatic N) is 3. The molecule has 0 bridgehead atoms. The molecule has 0 aliphatic carbocycles. The van der Waals surface area contributed by atoms with Crippen LogP contribution in [0.5, 0.6) is 0 Å². The fraction of sp³-hybridized carbons (Fsp3) is 0.250. The summed E-state index contributed by atoms with van der Waals surface area (Å²) in [4.78, 5) is 9.04. The highest BCUT2D eigenvalue weighted by Gasteiger charge is 2.10. The first kappa shape index (κ1) is 12.8. The van der Waals surface area contributed by atoms with Gasteiger partial charge in [0, 0.05) is 30.7 Å². The lowest BCUT2D eigenvalue weighted by molar-refractivity contribution is 0.809. The number of hydrogen-bond donors (Lipinski definition) is 1. The van der Waals surface area contributed by atoms with E-state index in [0.29, 0.717) is 6.54 Å². The molecule has 0 radical (unpaired) electrons. The molecule has 4 heteroatoms. The summed E-state index contributed by atoms with van der Waals surface area (Å²) in [5, 5.41) is 1.13. The Morgan fingerprint density at radius 3 is 2.90 bits per heavy atom. The number of pyridine rings is 1. The summed E-state index contributed by atoms with van der Waals surface area (Å²) < 4.78 is 2.15. The Morgan fingerprint density at radius 1 is 1.25 bits per heavy atom. The number of hydrogen-bond acceptors (Lipinski definition) is 3. The predicted octanol–water partition coefficient (Wildman–Crippen LogP) is 2.83. The molecule has 0 saturated heterocycles. The molecule has 102 valence electrons. The molecule has 0 amide bonds. The van der Waals surface area contributed by atoms with Crippen LogP contribution in [0.1, 0.15) is 24.9 Å². The van der Waals surface area contributed by atoms with Gasteiger partial charge in [-0.1, -0.05) is 25.1 Å². The van der Waals surface area contributed by atoms with Crippen LogP contribution in [-0.2, 0) is 13.0 Å². The molecule has 2 heterocycles. The Labute approximate surface area is 118 Å². The number of aromatic nitrogens is 3. The maximum absolute atomic E-state index is 5.77. The van der Waals surface area contributed by atoms with Gasteiger partial charge in [-0.2, -0.15) is 0 Å². The molecule has 0 saturated carbocycles. The maximum Gasteiger partial charge on any atom is 0.113 e. The lowest BCUT2D eigenvalue weighted by atomic mass is 10.1. The third-order valence-electron chi connectivity index (χ3n) is 3.41. The van der Waals surface area contributed by atoms with E-state index in [1.54, 1.807) is 0 Å². The number of fused-ring (bicyclic) bond motifs is 1. The van der Waals surface area contributed by atoms with Crippen LogP contribution in [0.25, 0.3) is 16.6 Å². The van der Waals surface area contributed by atoms with Crippen molar-refractivity contribution in [2.24, 2.45) is 5.73 Å². The summed E-state index contributed by atoms with van der Waals surface area (Å²) in [5.41, 5.74) is 8.75. The van der Waals surface area contributed by atoms with Gasteiger partial charge in [-0.05, 0) is 18.6 Å². The molecule has 0 unspecified atom stereocenters. The molecule has 4 nitrogen and oxygen atoms in total. The van der Waals surface area contributed by atoms with Gasteiger partial charge in [0.25, 0.3) is 0 Å². The van der Waals surface area contributed by atoms with E-state index in [1.165, 1.54) is 0 Å². The molecule has 3 aromatic rings. The van der Waals surface area contributed by atoms with E-state index in [2.05, 4.69) is 33.6 Å². The van der Waals surface area contributed by atoms with Crippen LogP contribution < -0.4 is 5.73 Å². The first-order valence-electron chi connectivity index (χ1n) is 6.94. The minimum atomic E-state index is 0.440. The van der Waals surface area contributed by atoms with Crippen LogP contribution in [0.3, 0.4) is 0 Å². The van der Waals surface area contributed by atoms with Gasteiger partial charge in [-0.15, -0.1) is 0 Å². The van der Waals surface area contributed by atoms with Crippen molar-refractivity contribution in [3.8, 4) is 5.69 Å². The van der Waals surface area contributed by atoms with Crippen LogP contribution in [-0.4, -0.2) is 14.5 Å². The molecule has 20 heavy (non-hydrogen) atoms. The van der Waals surface area contributed by atoms with E-state index < -0.39 is 0 Å². The third-order valence-corrected chi connectivity index (χ3v) is 3.41. The smallest absolute Gasteiger partial charge is 0.113 e. The van der Waals surface area contributed by atoms with Crippen LogP contribution in [0.2, 0.25) is 0 Å². The number of imidazole rings is 1. The fourth-order valence-electron chi connectivity index (χ4n) is 2.48. The summed E-state index contributed by atoms with van der Waals surface area (Å²) in [7, 11) is 0. The second kappa shape index (κ2) is 5.43. The van der Waals surface area contributed by atoms with Crippen molar-refractivity contribution in [3.63, 3.8) is 0 Å². The lowest BCUT2D eigenvalue weighted by Crippen LogP contribution is -2.05. The molecule has 3 rings (SSSR count). The van der Waals surface area contributed by atoms with Crippen molar-refractivity contribution in [2.75, 3.05) is 0 Å². The van der Waals surface area contributed by atoms with E-state index in [0.717, 1.165) is 41.0 Å². The zero-order valence-corrected chi connectivity index (χ0v) is 11.6. The maximum atomic E-state index is 5.77. The summed E-state index contributed by atoms with van der Waals surface area (Å²) in [6.07, 6.45) is 5.89. The van der Waals surface area contributed by atoms with Crippen LogP contribution in [0.15, 0.2) is 42.7 Å². The van der Waals surface area contributed by atoms with Crippen molar-refractivity contribution in [3.05, 3.63) is 54.2 Å². The molecule has 1 aromatic carbocycles. The largest absolute Gasteiger partial charge is 0.325 e. The van der Waals surface area contributed by atoms with Gasteiger partial charge in [0.15, 0.2) is 0 Å². The van der Waals surface area contributed by atoms with Crippen molar-refractivity contribution in [1.29, 1.82) is 0 Å². The second-order valence-electron chi connectivity index (χ2n) is 4.82. The molecule has 2 aromatic heterocycles. The van der Waals surface area contributed by atoms with E-state index in [9.17, 15) is 0 Å². The Bertz CT molecular complexity index is 730. The monoisotopic (exact) mass is 266 g/mol. The summed E-state index contributed by atoms with van der Waals surface area (Å²) in [5.74, 6) is 1.08. The Balaban J connectivity index is 2.26. The van der Waals surface area contributed by atoms with E-state index in [4.69, 9.17) is 5.73 Å². The van der Waals surface area contributed by atoms with Crippen molar-refractivity contribution < 1.29 is 0 Å². The highest BCUT2D eigenvalue weighted by atomic mass is 15.1. The quantitative estimate of drug-likeness (QED) is 0.790. The number of nitrogens with two attached hydrogens (primary N) is 1. The highest BCUT2D eigenvalue weighted by molar-refractivity contribution is 5.87. The van der Waals surface area contributed by atoms with Gasteiger partial charge in [0.05, 0.1) is 16.9 Å². The normalized spacial score (nSPS) is 11.1. The van der Waals surface area contributed by atoms with Gasteiger partial charge in [0.2, 0.25) is 0 Å². The van der Waals surface area contributed by atoms with E-state index in [1.807, 2.05) is 30.6 Å². The average molecular weight is 266 g/mol. The summed E-state index contributed by atoms with van der Waals surface area (Å²) in [6, 6.07) is 10.2. The lowest BCUT2D eigenvalue weighted by Gasteiger charge is -2.12. The Morgan fingerprint density at radius 2 is 2.10 bits per heavy atom. The zero-order valence-electron chi connectivity index (χ0n) is 11.6. The number of rotatable bonds is 4. The second-order valence-corrected chi connectivity index (χ2v) is 4.82. The van der Waals surface area contributed by atoms with Gasteiger partial charge in [0.1, 0.15) is 5.82 Å². The van der Waals surface area contributed by atoms with Crippen LogP contribution in [0, 0.1) is 0 Å². The SMILES string of the molecule is CCCc1nccn1-c1cc(CN)nc2ccccc12. The summed E-state index contributed by atoms with van der Waals surface area (Å²) in [6.45, 7) is 2.60. The highest BCUT2D eigenvalue weighted by Crippen LogP contribution is 2.23. The Hall–Kier alpha value is -2.20. The topological polar surface area (TPSA) is 56.7 Å². The molecule has 0 aliphatic rings.